The van der Waals surface area contributed by atoms with E-state index in [4.69, 9.17) is 4.74 Å². The molecular formula is C26H21N5O4. The summed E-state index contributed by atoms with van der Waals surface area (Å²) in [5.74, 6) is -0.455. The number of ether oxygens (including phenoxy) is 1. The third kappa shape index (κ3) is 3.19. The number of carbonyl (C=O) groups is 1. The second-order valence-corrected chi connectivity index (χ2v) is 8.66. The molecule has 1 saturated heterocycles. The molecule has 0 saturated carbocycles. The fourth-order valence-electron chi connectivity index (χ4n) is 5.40. The van der Waals surface area contributed by atoms with Crippen LogP contribution in [0, 0.1) is 10.1 Å². The molecule has 4 atom stereocenters. The first-order chi connectivity index (χ1) is 17.1. The smallest absolute Gasteiger partial charge is 0.272 e. The summed E-state index contributed by atoms with van der Waals surface area (Å²) in [7, 11) is 1.56. The highest BCUT2D eigenvalue weighted by Crippen LogP contribution is 2.46. The van der Waals surface area contributed by atoms with E-state index in [9.17, 15) is 14.9 Å². The highest BCUT2D eigenvalue weighted by molar-refractivity contribution is 5.96. The third-order valence-corrected chi connectivity index (χ3v) is 6.92. The fourth-order valence-corrected chi connectivity index (χ4v) is 5.40. The van der Waals surface area contributed by atoms with E-state index in [1.54, 1.807) is 43.5 Å². The number of para-hydroxylation sites is 2. The maximum atomic E-state index is 14.2. The molecule has 35 heavy (non-hydrogen) atoms. The molecule has 0 spiro atoms. The van der Waals surface area contributed by atoms with Gasteiger partial charge in [0.1, 0.15) is 23.3 Å². The van der Waals surface area contributed by atoms with Crippen LogP contribution in [0.15, 0.2) is 78.9 Å². The van der Waals surface area contributed by atoms with Crippen molar-refractivity contribution >= 4 is 28.7 Å². The Balaban J connectivity index is 1.57. The van der Waals surface area contributed by atoms with Crippen molar-refractivity contribution in [3.8, 4) is 5.75 Å². The van der Waals surface area contributed by atoms with E-state index < -0.39 is 24.0 Å². The minimum Gasteiger partial charge on any atom is -0.497 e. The van der Waals surface area contributed by atoms with Crippen molar-refractivity contribution in [2.24, 2.45) is 0 Å². The van der Waals surface area contributed by atoms with E-state index in [0.717, 1.165) is 11.3 Å². The second-order valence-electron chi connectivity index (χ2n) is 8.66. The van der Waals surface area contributed by atoms with Crippen LogP contribution in [0.1, 0.15) is 21.8 Å². The molecule has 0 unspecified atom stereocenters. The van der Waals surface area contributed by atoms with Gasteiger partial charge < -0.3 is 9.64 Å². The van der Waals surface area contributed by atoms with Crippen LogP contribution in [-0.4, -0.2) is 51.1 Å². The predicted molar refractivity (Wildman–Crippen MR) is 130 cm³/mol. The van der Waals surface area contributed by atoms with E-state index in [2.05, 4.69) is 10.3 Å². The van der Waals surface area contributed by atoms with Gasteiger partial charge in [0.25, 0.3) is 5.91 Å². The zero-order valence-electron chi connectivity index (χ0n) is 18.8. The van der Waals surface area contributed by atoms with Crippen LogP contribution < -0.4 is 9.64 Å². The number of nitro groups is 1. The molecule has 0 radical (unpaired) electrons. The summed E-state index contributed by atoms with van der Waals surface area (Å²) in [5, 5.41) is 20.8. The van der Waals surface area contributed by atoms with Crippen molar-refractivity contribution in [2.75, 3.05) is 12.0 Å². The molecule has 1 aromatic heterocycles. The number of hydrogen-bond donors (Lipinski definition) is 0. The Morgan fingerprint density at radius 1 is 1.03 bits per heavy atom. The zero-order valence-corrected chi connectivity index (χ0v) is 18.8. The van der Waals surface area contributed by atoms with Crippen molar-refractivity contribution in [1.82, 2.24) is 15.0 Å². The molecule has 9 heteroatoms. The number of benzene rings is 3. The summed E-state index contributed by atoms with van der Waals surface area (Å²) < 4.78 is 6.56. The molecule has 0 bridgehead atoms. The van der Waals surface area contributed by atoms with Gasteiger partial charge >= 0.3 is 0 Å². The van der Waals surface area contributed by atoms with Crippen LogP contribution in [0.25, 0.3) is 17.1 Å². The Kier molecular flexibility index (Phi) is 4.84. The molecule has 6 rings (SSSR count). The summed E-state index contributed by atoms with van der Waals surface area (Å²) in [5.41, 5.74) is 3.53. The number of aromatic nitrogens is 3. The van der Waals surface area contributed by atoms with Gasteiger partial charge in [0.05, 0.1) is 18.5 Å². The first-order valence-electron chi connectivity index (χ1n) is 11.3. The summed E-state index contributed by atoms with van der Waals surface area (Å²) in [6.45, 7) is 0. The first kappa shape index (κ1) is 21.0. The summed E-state index contributed by atoms with van der Waals surface area (Å²) >= 11 is 0. The maximum Gasteiger partial charge on any atom is 0.272 e. The molecular weight excluding hydrogens is 446 g/mol. The molecule has 2 aliphatic rings. The molecule has 4 aromatic rings. The molecule has 1 fully saturated rings. The monoisotopic (exact) mass is 467 g/mol. The molecule has 174 valence electrons. The van der Waals surface area contributed by atoms with Gasteiger partial charge in [-0.05, 0) is 41.5 Å². The van der Waals surface area contributed by atoms with E-state index in [0.29, 0.717) is 22.3 Å². The Morgan fingerprint density at radius 3 is 2.54 bits per heavy atom. The van der Waals surface area contributed by atoms with Crippen LogP contribution in [0.4, 0.5) is 5.69 Å². The van der Waals surface area contributed by atoms with E-state index in [1.807, 2.05) is 53.5 Å². The Morgan fingerprint density at radius 2 is 1.77 bits per heavy atom. The number of fused-ring (bicyclic) bond motifs is 4. The maximum absolute atomic E-state index is 14.2. The standard InChI is InChI=1S/C26H21N5O4/c1-35-18-13-10-17(11-14-18)23-24(31(33)34)22-15-12-16-6-2-4-8-20(16)29(22)25(23)26(32)30-21-9-5-3-7-19(21)27-28-30/h2-15,22-25H,1H3/t22-,23-,24+,25-/m0/s1. The topological polar surface area (TPSA) is 103 Å². The summed E-state index contributed by atoms with van der Waals surface area (Å²) in [6.07, 6.45) is 3.73. The van der Waals surface area contributed by atoms with Crippen LogP contribution in [0.3, 0.4) is 0 Å². The molecule has 3 heterocycles. The normalized spacial score (nSPS) is 22.6. The van der Waals surface area contributed by atoms with Crippen LogP contribution in [-0.2, 0) is 0 Å². The minimum atomic E-state index is -1.04. The van der Waals surface area contributed by atoms with Crippen LogP contribution in [0.2, 0.25) is 0 Å². The van der Waals surface area contributed by atoms with Crippen molar-refractivity contribution in [1.29, 1.82) is 0 Å². The molecule has 2 aliphatic heterocycles. The van der Waals surface area contributed by atoms with Crippen molar-refractivity contribution in [3.63, 3.8) is 0 Å². The number of nitrogens with zero attached hydrogens (tertiary/aromatic N) is 5. The number of carbonyl (C=O) groups excluding carboxylic acids is 1. The lowest BCUT2D eigenvalue weighted by Gasteiger charge is -2.33. The highest BCUT2D eigenvalue weighted by atomic mass is 16.6. The Hall–Kier alpha value is -4.53. The average molecular weight is 467 g/mol. The minimum absolute atomic E-state index is 0.266. The Labute approximate surface area is 200 Å². The van der Waals surface area contributed by atoms with Gasteiger partial charge in [-0.2, -0.15) is 4.68 Å². The van der Waals surface area contributed by atoms with E-state index in [-0.39, 0.29) is 10.8 Å². The lowest BCUT2D eigenvalue weighted by Crippen LogP contribution is -2.46. The van der Waals surface area contributed by atoms with Gasteiger partial charge in [-0.3, -0.25) is 14.9 Å². The van der Waals surface area contributed by atoms with Gasteiger partial charge in [0, 0.05) is 10.6 Å². The van der Waals surface area contributed by atoms with Crippen molar-refractivity contribution in [2.45, 2.75) is 24.0 Å². The van der Waals surface area contributed by atoms with Gasteiger partial charge in [-0.15, -0.1) is 5.10 Å². The number of anilines is 1. The van der Waals surface area contributed by atoms with Gasteiger partial charge in [-0.1, -0.05) is 59.8 Å². The van der Waals surface area contributed by atoms with Crippen molar-refractivity contribution in [3.05, 3.63) is 100 Å². The number of hydrogen-bond acceptors (Lipinski definition) is 7. The molecule has 9 nitrogen and oxygen atoms in total. The fraction of sp³-hybridized carbons (Fsp3) is 0.192. The lowest BCUT2D eigenvalue weighted by atomic mass is 9.86. The summed E-state index contributed by atoms with van der Waals surface area (Å²) in [6, 6.07) is 19.4. The largest absolute Gasteiger partial charge is 0.497 e. The van der Waals surface area contributed by atoms with Crippen molar-refractivity contribution < 1.29 is 14.5 Å². The second kappa shape index (κ2) is 8.05. The van der Waals surface area contributed by atoms with Gasteiger partial charge in [0.15, 0.2) is 0 Å². The SMILES string of the molecule is COc1ccc([C@H]2[C@H]([N+](=O)[O-])[C@@H]3C=Cc4ccccc4N3[C@@H]2C(=O)n2nnc3ccccc32)cc1. The van der Waals surface area contributed by atoms with Crippen LogP contribution in [0.5, 0.6) is 5.75 Å². The number of methoxy groups -OCH3 is 1. The average Bonchev–Trinajstić information content (AvgIpc) is 3.48. The van der Waals surface area contributed by atoms with Gasteiger partial charge in [0.2, 0.25) is 6.04 Å². The lowest BCUT2D eigenvalue weighted by molar-refractivity contribution is -0.524. The molecule has 0 N–H and O–H groups in total. The molecule has 3 aromatic carbocycles. The quantitative estimate of drug-likeness (QED) is 0.332. The Bertz CT molecular complexity index is 1480. The van der Waals surface area contributed by atoms with E-state index >= 15 is 0 Å². The summed E-state index contributed by atoms with van der Waals surface area (Å²) in [4.78, 5) is 28.3. The molecule has 0 aliphatic carbocycles. The first-order valence-corrected chi connectivity index (χ1v) is 11.3. The highest BCUT2D eigenvalue weighted by Gasteiger charge is 2.59. The van der Waals surface area contributed by atoms with E-state index in [1.165, 1.54) is 4.68 Å². The molecule has 0 amide bonds. The third-order valence-electron chi connectivity index (χ3n) is 6.92. The van der Waals surface area contributed by atoms with Gasteiger partial charge in [-0.25, -0.2) is 0 Å². The number of rotatable bonds is 4. The predicted octanol–water partition coefficient (Wildman–Crippen LogP) is 3.79. The zero-order chi connectivity index (χ0) is 24.1. The van der Waals surface area contributed by atoms with Crippen LogP contribution >= 0.6 is 0 Å².